The van der Waals surface area contributed by atoms with E-state index in [-0.39, 0.29) is 21.7 Å². The summed E-state index contributed by atoms with van der Waals surface area (Å²) in [5.41, 5.74) is 7.44. The van der Waals surface area contributed by atoms with Crippen molar-refractivity contribution in [3.8, 4) is 22.6 Å². The molecule has 0 aliphatic heterocycles. The molecular weight excluding hydrogens is 476 g/mol. The third kappa shape index (κ3) is 3.33. The molecule has 0 amide bonds. The smallest absolute Gasteiger partial charge is 0.123 e. The number of rotatable bonds is 2. The minimum absolute atomic E-state index is 0.0747. The van der Waals surface area contributed by atoms with E-state index in [0.29, 0.717) is 5.75 Å². The molecule has 6 aliphatic carbocycles. The number of phenolic OH excluding ortho intramolecular Hbond substituents is 1. The lowest BCUT2D eigenvalue weighted by Crippen LogP contribution is -2.48. The van der Waals surface area contributed by atoms with Gasteiger partial charge in [-0.05, 0) is 138 Å². The molecule has 0 saturated heterocycles. The maximum absolute atomic E-state index is 11.8. The molecule has 0 aromatic heterocycles. The van der Waals surface area contributed by atoms with Crippen LogP contribution < -0.4 is 4.74 Å². The number of ether oxygens (including phenoxy) is 1. The zero-order valence-corrected chi connectivity index (χ0v) is 24.5. The molecular formula is C37H44O2. The van der Waals surface area contributed by atoms with Gasteiger partial charge in [-0.3, -0.25) is 0 Å². The average molecular weight is 521 g/mol. The fourth-order valence-corrected chi connectivity index (χ4v) is 11.9. The van der Waals surface area contributed by atoms with Gasteiger partial charge in [-0.1, -0.05) is 52.0 Å². The Bertz CT molecular complexity index is 1470. The van der Waals surface area contributed by atoms with Gasteiger partial charge in [0.25, 0.3) is 0 Å². The van der Waals surface area contributed by atoms with E-state index in [2.05, 4.69) is 70.2 Å². The van der Waals surface area contributed by atoms with Crippen LogP contribution in [0.25, 0.3) is 21.9 Å². The van der Waals surface area contributed by atoms with Gasteiger partial charge in [0, 0.05) is 16.4 Å². The van der Waals surface area contributed by atoms with Crippen molar-refractivity contribution in [2.24, 2.45) is 28.6 Å². The molecule has 5 fully saturated rings. The van der Waals surface area contributed by atoms with E-state index >= 15 is 0 Å². The summed E-state index contributed by atoms with van der Waals surface area (Å²) in [6.07, 6.45) is 11.6. The molecule has 39 heavy (non-hydrogen) atoms. The number of phenols is 1. The van der Waals surface area contributed by atoms with Crippen molar-refractivity contribution in [1.29, 1.82) is 0 Å². The maximum atomic E-state index is 11.8. The molecule has 0 heterocycles. The highest BCUT2D eigenvalue weighted by molar-refractivity contribution is 6.06. The van der Waals surface area contributed by atoms with Crippen molar-refractivity contribution in [2.45, 2.75) is 96.3 Å². The number of aromatic hydroxyl groups is 1. The van der Waals surface area contributed by atoms with Gasteiger partial charge in [0.05, 0.1) is 7.11 Å². The summed E-state index contributed by atoms with van der Waals surface area (Å²) < 4.78 is 6.25. The van der Waals surface area contributed by atoms with Crippen molar-refractivity contribution in [2.75, 3.05) is 7.11 Å². The Morgan fingerprint density at radius 3 is 1.95 bits per heavy atom. The Morgan fingerprint density at radius 2 is 1.33 bits per heavy atom. The first kappa shape index (κ1) is 24.3. The highest BCUT2D eigenvalue weighted by Gasteiger charge is 2.55. The summed E-state index contributed by atoms with van der Waals surface area (Å²) in [5, 5.41) is 14.0. The highest BCUT2D eigenvalue weighted by Crippen LogP contribution is 2.66. The van der Waals surface area contributed by atoms with Gasteiger partial charge in [-0.15, -0.1) is 0 Å². The molecule has 9 rings (SSSR count). The Kier molecular flexibility index (Phi) is 4.75. The predicted octanol–water partition coefficient (Wildman–Crippen LogP) is 9.52. The largest absolute Gasteiger partial charge is 0.507 e. The summed E-state index contributed by atoms with van der Waals surface area (Å²) in [6.45, 7) is 9.77. The normalized spacial score (nSPS) is 32.4. The van der Waals surface area contributed by atoms with E-state index in [1.807, 2.05) is 7.11 Å². The Labute approximate surface area is 234 Å². The number of hydrogen-bond acceptors (Lipinski definition) is 2. The van der Waals surface area contributed by atoms with Crippen LogP contribution in [0.15, 0.2) is 42.5 Å². The van der Waals surface area contributed by atoms with Crippen LogP contribution in [0.5, 0.6) is 11.5 Å². The molecule has 5 saturated carbocycles. The van der Waals surface area contributed by atoms with Crippen LogP contribution in [0.4, 0.5) is 0 Å². The van der Waals surface area contributed by atoms with Crippen molar-refractivity contribution >= 4 is 10.8 Å². The summed E-state index contributed by atoms with van der Waals surface area (Å²) >= 11 is 0. The van der Waals surface area contributed by atoms with Gasteiger partial charge >= 0.3 is 0 Å². The first-order chi connectivity index (χ1) is 18.5. The fourth-order valence-electron chi connectivity index (χ4n) is 11.9. The van der Waals surface area contributed by atoms with Crippen molar-refractivity contribution in [3.63, 3.8) is 0 Å². The number of benzene rings is 3. The van der Waals surface area contributed by atoms with Gasteiger partial charge < -0.3 is 9.84 Å². The van der Waals surface area contributed by atoms with Crippen LogP contribution in [-0.4, -0.2) is 12.2 Å². The lowest BCUT2D eigenvalue weighted by Gasteiger charge is -2.57. The second-order valence-electron chi connectivity index (χ2n) is 16.1. The van der Waals surface area contributed by atoms with Gasteiger partial charge in [0.15, 0.2) is 0 Å². The molecule has 3 aromatic rings. The van der Waals surface area contributed by atoms with Gasteiger partial charge in [0.1, 0.15) is 11.5 Å². The van der Waals surface area contributed by atoms with E-state index in [1.165, 1.54) is 78.1 Å². The van der Waals surface area contributed by atoms with E-state index in [1.54, 1.807) is 0 Å². The summed E-state index contributed by atoms with van der Waals surface area (Å²) in [7, 11) is 1.86. The molecule has 2 heteroatoms. The van der Waals surface area contributed by atoms with Gasteiger partial charge in [-0.2, -0.15) is 0 Å². The highest BCUT2D eigenvalue weighted by atomic mass is 16.5. The molecule has 4 bridgehead atoms. The lowest BCUT2D eigenvalue weighted by atomic mass is 9.48. The standard InChI is InChI=1S/C37H44O2/c1-34(2)19-35(3,4)21-37(20-34)28-9-7-6-8-25(28)33-27-14-32(39-5)29(13-26(27)31(38)15-30(33)37)36-16-22-10-23(17-36)12-24(11-22)18-36/h6-9,13-15,22-24,38H,10-12,16-21H2,1-5H3. The third-order valence-corrected chi connectivity index (χ3v) is 11.8. The Hall–Kier alpha value is -2.48. The van der Waals surface area contributed by atoms with Crippen molar-refractivity contribution < 1.29 is 9.84 Å². The lowest BCUT2D eigenvalue weighted by molar-refractivity contribution is -0.00609. The molecule has 2 nitrogen and oxygen atoms in total. The summed E-state index contributed by atoms with van der Waals surface area (Å²) in [5.74, 6) is 4.10. The molecule has 204 valence electrons. The quantitative estimate of drug-likeness (QED) is 0.364. The number of hydrogen-bond donors (Lipinski definition) is 1. The van der Waals surface area contributed by atoms with Crippen LogP contribution in [0.2, 0.25) is 0 Å². The van der Waals surface area contributed by atoms with Gasteiger partial charge in [0.2, 0.25) is 0 Å². The number of methoxy groups -OCH3 is 1. The molecule has 3 aromatic carbocycles. The minimum atomic E-state index is -0.0747. The molecule has 6 aliphatic rings. The van der Waals surface area contributed by atoms with Crippen molar-refractivity contribution in [3.05, 3.63) is 59.2 Å². The average Bonchev–Trinajstić information content (AvgIpc) is 3.09. The molecule has 0 unspecified atom stereocenters. The predicted molar refractivity (Wildman–Crippen MR) is 160 cm³/mol. The Balaban J connectivity index is 1.38. The van der Waals surface area contributed by atoms with Crippen LogP contribution in [0, 0.1) is 28.6 Å². The van der Waals surface area contributed by atoms with Crippen molar-refractivity contribution in [1.82, 2.24) is 0 Å². The van der Waals surface area contributed by atoms with E-state index < -0.39 is 0 Å². The first-order valence-electron chi connectivity index (χ1n) is 15.5. The first-order valence-corrected chi connectivity index (χ1v) is 15.5. The molecule has 1 spiro atoms. The minimum Gasteiger partial charge on any atom is -0.507 e. The van der Waals surface area contributed by atoms with E-state index in [4.69, 9.17) is 4.74 Å². The second-order valence-corrected chi connectivity index (χ2v) is 16.1. The van der Waals surface area contributed by atoms with Crippen LogP contribution in [0.3, 0.4) is 0 Å². The fraction of sp³-hybridized carbons (Fsp3) is 0.568. The van der Waals surface area contributed by atoms with Crippen LogP contribution in [-0.2, 0) is 10.8 Å². The van der Waals surface area contributed by atoms with E-state index in [9.17, 15) is 5.11 Å². The SMILES string of the molecule is COc1cc2c3c(cc(O)c2cc1C12CC4CC(CC(C4)C1)C2)C1(CC(C)(C)CC(C)(C)C1)c1ccccc1-3. The van der Waals surface area contributed by atoms with E-state index in [0.717, 1.165) is 41.7 Å². The summed E-state index contributed by atoms with van der Waals surface area (Å²) in [4.78, 5) is 0. The zero-order chi connectivity index (χ0) is 26.9. The number of fused-ring (bicyclic) bond motifs is 7. The molecule has 1 N–H and O–H groups in total. The Morgan fingerprint density at radius 1 is 0.718 bits per heavy atom. The third-order valence-electron chi connectivity index (χ3n) is 11.8. The van der Waals surface area contributed by atoms with Gasteiger partial charge in [-0.25, -0.2) is 0 Å². The summed E-state index contributed by atoms with van der Waals surface area (Å²) in [6, 6.07) is 16.0. The van der Waals surface area contributed by atoms with Crippen LogP contribution in [0.1, 0.15) is 102 Å². The molecule has 0 radical (unpaired) electrons. The topological polar surface area (TPSA) is 29.5 Å². The monoisotopic (exact) mass is 520 g/mol. The van der Waals surface area contributed by atoms with Crippen LogP contribution >= 0.6 is 0 Å². The molecule has 0 atom stereocenters. The maximum Gasteiger partial charge on any atom is 0.123 e. The zero-order valence-electron chi connectivity index (χ0n) is 24.5. The second kappa shape index (κ2) is 7.62.